The summed E-state index contributed by atoms with van der Waals surface area (Å²) >= 11 is 0. The Hall–Kier alpha value is -3.92. The summed E-state index contributed by atoms with van der Waals surface area (Å²) in [5.41, 5.74) is 2.23. The van der Waals surface area contributed by atoms with Gasteiger partial charge in [0.1, 0.15) is 17.2 Å². The van der Waals surface area contributed by atoms with Crippen molar-refractivity contribution in [3.05, 3.63) is 84.0 Å². The van der Waals surface area contributed by atoms with Crippen LogP contribution in [0.5, 0.6) is 0 Å². The van der Waals surface area contributed by atoms with E-state index in [4.69, 9.17) is 0 Å². The van der Waals surface area contributed by atoms with E-state index in [0.717, 1.165) is 10.9 Å². The van der Waals surface area contributed by atoms with Crippen molar-refractivity contribution in [2.75, 3.05) is 0 Å². The summed E-state index contributed by atoms with van der Waals surface area (Å²) in [5.74, 6) is -0.994. The number of halogens is 1. The molecule has 0 atom stereocenters. The van der Waals surface area contributed by atoms with Crippen molar-refractivity contribution in [3.63, 3.8) is 0 Å². The van der Waals surface area contributed by atoms with Gasteiger partial charge in [0.15, 0.2) is 0 Å². The van der Waals surface area contributed by atoms with Gasteiger partial charge in [-0.25, -0.2) is 17.8 Å². The van der Waals surface area contributed by atoms with Crippen molar-refractivity contribution in [3.8, 4) is 0 Å². The average Bonchev–Trinajstić information content (AvgIpc) is 3.52. The maximum absolute atomic E-state index is 14.3. The van der Waals surface area contributed by atoms with E-state index in [1.807, 2.05) is 0 Å². The number of hydrogen-bond donors (Lipinski definition) is 2. The number of benzene rings is 1. The molecule has 8 nitrogen and oxygen atoms in total. The van der Waals surface area contributed by atoms with Gasteiger partial charge in [-0.3, -0.25) is 9.20 Å². The number of nitrogens with one attached hydrogen (secondary N) is 2. The molecule has 0 aliphatic rings. The molecule has 2 N–H and O–H groups in total. The molecule has 0 unspecified atom stereocenters. The largest absolute Gasteiger partial charge is 0.361 e. The second-order valence-corrected chi connectivity index (χ2v) is 9.65. The number of carbonyl (C=O) groups is 1. The molecule has 0 saturated carbocycles. The van der Waals surface area contributed by atoms with Crippen LogP contribution in [0, 0.1) is 12.7 Å². The maximum atomic E-state index is 14.3. The molecule has 0 saturated heterocycles. The molecule has 5 aromatic rings. The molecule has 0 aliphatic carbocycles. The normalized spacial score (nSPS) is 12.0. The van der Waals surface area contributed by atoms with Gasteiger partial charge in [-0.05, 0) is 49.4 Å². The van der Waals surface area contributed by atoms with Crippen LogP contribution in [0.2, 0.25) is 0 Å². The third-order valence-corrected chi connectivity index (χ3v) is 7.74. The van der Waals surface area contributed by atoms with E-state index in [9.17, 15) is 17.6 Å². The van der Waals surface area contributed by atoms with Crippen LogP contribution >= 0.6 is 0 Å². The first-order chi connectivity index (χ1) is 15.8. The number of imidazole rings is 1. The first-order valence-corrected chi connectivity index (χ1v) is 11.6. The number of fused-ring (bicyclic) bond motifs is 2. The molecule has 1 amide bonds. The Morgan fingerprint density at radius 2 is 2.00 bits per heavy atom. The quantitative estimate of drug-likeness (QED) is 0.416. The van der Waals surface area contributed by atoms with Gasteiger partial charge in [0.25, 0.3) is 5.91 Å². The highest BCUT2D eigenvalue weighted by Crippen LogP contribution is 2.28. The van der Waals surface area contributed by atoms with E-state index in [1.165, 1.54) is 22.8 Å². The highest BCUT2D eigenvalue weighted by Gasteiger charge is 2.26. The van der Waals surface area contributed by atoms with Gasteiger partial charge in [0.05, 0.1) is 22.0 Å². The molecule has 4 heterocycles. The van der Waals surface area contributed by atoms with Crippen LogP contribution < -0.4 is 5.32 Å². The average molecular weight is 466 g/mol. The lowest BCUT2D eigenvalue weighted by Gasteiger charge is -2.10. The van der Waals surface area contributed by atoms with E-state index in [0.29, 0.717) is 11.3 Å². The number of rotatable bonds is 5. The minimum atomic E-state index is -3.86. The molecule has 0 spiro atoms. The second kappa shape index (κ2) is 7.59. The molecule has 0 aliphatic heterocycles. The highest BCUT2D eigenvalue weighted by atomic mass is 32.2. The van der Waals surface area contributed by atoms with Gasteiger partial charge in [-0.1, -0.05) is 0 Å². The zero-order valence-corrected chi connectivity index (χ0v) is 18.6. The van der Waals surface area contributed by atoms with E-state index >= 15 is 0 Å². The number of amides is 1. The molecule has 0 bridgehead atoms. The Morgan fingerprint density at radius 1 is 1.18 bits per heavy atom. The minimum Gasteiger partial charge on any atom is -0.361 e. The van der Waals surface area contributed by atoms with Crippen molar-refractivity contribution >= 4 is 32.3 Å². The molecule has 4 aromatic heterocycles. The number of pyridine rings is 1. The Bertz CT molecular complexity index is 1650. The lowest BCUT2D eigenvalue weighted by atomic mass is 10.2. The first kappa shape index (κ1) is 21.0. The van der Waals surface area contributed by atoms with Crippen molar-refractivity contribution in [1.29, 1.82) is 0 Å². The monoisotopic (exact) mass is 465 g/mol. The summed E-state index contributed by atoms with van der Waals surface area (Å²) in [6.45, 7) is 1.55. The number of carbonyl (C=O) groups excluding carboxylic acids is 1. The summed E-state index contributed by atoms with van der Waals surface area (Å²) in [4.78, 5) is 20.3. The molecule has 5 rings (SSSR count). The van der Waals surface area contributed by atoms with E-state index in [-0.39, 0.29) is 27.7 Å². The molecule has 10 heteroatoms. The predicted molar refractivity (Wildman–Crippen MR) is 120 cm³/mol. The Kier molecular flexibility index (Phi) is 4.82. The number of sulfone groups is 1. The molecule has 0 radical (unpaired) electrons. The summed E-state index contributed by atoms with van der Waals surface area (Å²) in [6, 6.07) is 10.8. The van der Waals surface area contributed by atoms with Crippen LogP contribution in [0.1, 0.15) is 21.9 Å². The molecule has 168 valence electrons. The van der Waals surface area contributed by atoms with E-state index in [2.05, 4.69) is 15.3 Å². The maximum Gasteiger partial charge on any atom is 0.268 e. The number of H-pyrrole nitrogens is 1. The fourth-order valence-corrected chi connectivity index (χ4v) is 5.51. The van der Waals surface area contributed by atoms with Crippen molar-refractivity contribution in [1.82, 2.24) is 24.3 Å². The fourth-order valence-electron chi connectivity index (χ4n) is 3.94. The number of aromatic nitrogens is 4. The number of aromatic amines is 1. The topological polar surface area (TPSA) is 101 Å². The lowest BCUT2D eigenvalue weighted by Crippen LogP contribution is -2.26. The van der Waals surface area contributed by atoms with Crippen LogP contribution in [0.15, 0.2) is 70.8 Å². The molecule has 1 aromatic carbocycles. The number of hydrogen-bond acceptors (Lipinski definition) is 4. The smallest absolute Gasteiger partial charge is 0.268 e. The van der Waals surface area contributed by atoms with Gasteiger partial charge in [0, 0.05) is 42.2 Å². The van der Waals surface area contributed by atoms with Crippen molar-refractivity contribution in [2.45, 2.75) is 23.3 Å². The van der Waals surface area contributed by atoms with Crippen molar-refractivity contribution in [2.24, 2.45) is 7.05 Å². The Labute approximate surface area is 188 Å². The summed E-state index contributed by atoms with van der Waals surface area (Å²) in [6.07, 6.45) is 4.89. The first-order valence-electron chi connectivity index (χ1n) is 10.1. The van der Waals surface area contributed by atoms with Gasteiger partial charge in [-0.15, -0.1) is 0 Å². The Morgan fingerprint density at radius 3 is 2.82 bits per heavy atom. The van der Waals surface area contributed by atoms with Gasteiger partial charge >= 0.3 is 0 Å². The summed E-state index contributed by atoms with van der Waals surface area (Å²) in [7, 11) is -2.24. The third kappa shape index (κ3) is 3.39. The Balaban J connectivity index is 1.46. The van der Waals surface area contributed by atoms with Gasteiger partial charge in [0.2, 0.25) is 9.84 Å². The van der Waals surface area contributed by atoms with Crippen molar-refractivity contribution < 1.29 is 17.6 Å². The molecular weight excluding hydrogens is 445 g/mol. The fraction of sp³-hybridized carbons (Fsp3) is 0.130. The van der Waals surface area contributed by atoms with E-state index in [1.54, 1.807) is 61.2 Å². The molecule has 0 fully saturated rings. The third-order valence-electron chi connectivity index (χ3n) is 5.88. The van der Waals surface area contributed by atoms with Crippen LogP contribution in [-0.4, -0.2) is 33.3 Å². The zero-order valence-electron chi connectivity index (χ0n) is 17.8. The van der Waals surface area contributed by atoms with Crippen LogP contribution in [0.25, 0.3) is 16.6 Å². The highest BCUT2D eigenvalue weighted by molar-refractivity contribution is 7.91. The lowest BCUT2D eigenvalue weighted by molar-refractivity contribution is 0.0941. The zero-order chi connectivity index (χ0) is 23.3. The minimum absolute atomic E-state index is 0.0490. The standard InChI is InChI=1S/C23H20FN5O3S/c1-14-21(33(31,32)16-3-5-18-15(11-16)7-8-25-18)12-19(28(14)2)23(30)27-13-20-17(24)4-6-22-26-9-10-29(20)22/h3-12,25H,13H2,1-2H3,(H,27,30). The predicted octanol–water partition coefficient (Wildman–Crippen LogP) is 3.36. The van der Waals surface area contributed by atoms with Crippen LogP contribution in [0.4, 0.5) is 4.39 Å². The second-order valence-electron chi connectivity index (χ2n) is 7.73. The van der Waals surface area contributed by atoms with Gasteiger partial charge < -0.3 is 14.9 Å². The van der Waals surface area contributed by atoms with E-state index < -0.39 is 21.6 Å². The van der Waals surface area contributed by atoms with Gasteiger partial charge in [-0.2, -0.15) is 0 Å². The molecular formula is C23H20FN5O3S. The summed E-state index contributed by atoms with van der Waals surface area (Å²) in [5, 5.41) is 3.46. The number of nitrogens with zero attached hydrogens (tertiary/aromatic N) is 3. The SMILES string of the molecule is Cc1c(S(=O)(=O)c2ccc3[nH]ccc3c2)cc(C(=O)NCc2c(F)ccc3nccn23)n1C. The van der Waals surface area contributed by atoms with Crippen LogP contribution in [-0.2, 0) is 23.4 Å². The summed E-state index contributed by atoms with van der Waals surface area (Å²) < 4.78 is 44.1. The van der Waals surface area contributed by atoms with Crippen LogP contribution in [0.3, 0.4) is 0 Å². The molecule has 33 heavy (non-hydrogen) atoms.